The number of benzene rings is 1. The van der Waals surface area contributed by atoms with Gasteiger partial charge in [-0.25, -0.2) is 9.97 Å². The van der Waals surface area contributed by atoms with Crippen LogP contribution in [0.25, 0.3) is 0 Å². The van der Waals surface area contributed by atoms with Crippen molar-refractivity contribution in [3.8, 4) is 0 Å². The molecule has 0 saturated heterocycles. The number of ether oxygens (including phenoxy) is 1. The second-order valence-corrected chi connectivity index (χ2v) is 23.0. The van der Waals surface area contributed by atoms with Crippen molar-refractivity contribution in [3.05, 3.63) is 53.6 Å². The SMILES string of the molecule is CC.CCC.CCC(=O)O.CCC(C)C(C(CC(C)=O)OC)N(C)C(=O)CNC(=O)CN(C)C.CCC(C)CCCC(C)C(C1CCC1)C(C)C(=O)N(C)CCc1cccc(NC(=O)CNC(=O)C(C)NC(=O)CNC(=O)c2cnc(CBr)nc2)c1. The molecule has 3 rings (SSSR count). The highest BCUT2D eigenvalue weighted by atomic mass is 79.9. The number of amides is 7. The van der Waals surface area contributed by atoms with Gasteiger partial charge >= 0.3 is 5.97 Å². The van der Waals surface area contributed by atoms with Crippen LogP contribution in [0.15, 0.2) is 36.7 Å². The summed E-state index contributed by atoms with van der Waals surface area (Å²) >= 11 is 3.23. The molecule has 490 valence electrons. The smallest absolute Gasteiger partial charge is 0.303 e. The Balaban J connectivity index is 0. The molecular weight excluding hydrogens is 1160 g/mol. The zero-order valence-electron chi connectivity index (χ0n) is 55.5. The molecule has 2 aromatic rings. The van der Waals surface area contributed by atoms with Gasteiger partial charge in [0.15, 0.2) is 0 Å². The zero-order valence-corrected chi connectivity index (χ0v) is 57.1. The third-order valence-corrected chi connectivity index (χ3v) is 15.3. The number of aliphatic carboxylic acids is 1. The summed E-state index contributed by atoms with van der Waals surface area (Å²) in [6, 6.07) is 6.30. The number of carboxylic acid groups (broad SMARTS) is 1. The first-order chi connectivity index (χ1) is 40.6. The number of carbonyl (C=O) groups excluding carboxylic acids is 8. The van der Waals surface area contributed by atoms with Crippen LogP contribution in [0.2, 0.25) is 0 Å². The van der Waals surface area contributed by atoms with Crippen LogP contribution >= 0.6 is 15.9 Å². The number of alkyl halides is 1. The Bertz CT molecular complexity index is 2310. The Hall–Kier alpha value is -5.87. The van der Waals surface area contributed by atoms with Gasteiger partial charge in [-0.05, 0) is 81.6 Å². The van der Waals surface area contributed by atoms with Crippen LogP contribution in [0.4, 0.5) is 5.69 Å². The van der Waals surface area contributed by atoms with E-state index < -0.39 is 35.6 Å². The maximum absolute atomic E-state index is 13.6. The minimum absolute atomic E-state index is 0.0188. The molecule has 0 radical (unpaired) electrons. The van der Waals surface area contributed by atoms with Crippen LogP contribution in [-0.4, -0.2) is 169 Å². The molecule has 0 spiro atoms. The van der Waals surface area contributed by atoms with E-state index in [4.69, 9.17) is 9.84 Å². The summed E-state index contributed by atoms with van der Waals surface area (Å²) in [7, 11) is 8.72. The fourth-order valence-corrected chi connectivity index (χ4v) is 9.75. The van der Waals surface area contributed by atoms with Crippen molar-refractivity contribution in [3.63, 3.8) is 0 Å². The molecule has 1 saturated carbocycles. The van der Waals surface area contributed by atoms with E-state index in [2.05, 4.69) is 94.0 Å². The molecule has 0 bridgehead atoms. The lowest BCUT2D eigenvalue weighted by molar-refractivity contribution is -0.139. The van der Waals surface area contributed by atoms with Crippen molar-refractivity contribution in [2.45, 2.75) is 191 Å². The highest BCUT2D eigenvalue weighted by molar-refractivity contribution is 9.08. The van der Waals surface area contributed by atoms with Crippen LogP contribution in [0.5, 0.6) is 0 Å². The third-order valence-electron chi connectivity index (χ3n) is 14.8. The number of hydrogen-bond donors (Lipinski definition) is 6. The average Bonchev–Trinajstić information content (AvgIpc) is 2.09. The Morgan fingerprint density at radius 3 is 1.88 bits per heavy atom. The monoisotopic (exact) mass is 1270 g/mol. The van der Waals surface area contributed by atoms with Gasteiger partial charge in [-0.3, -0.25) is 43.2 Å². The van der Waals surface area contributed by atoms with E-state index in [-0.39, 0.29) is 92.1 Å². The number of methoxy groups -OCH3 is 1. The van der Waals surface area contributed by atoms with E-state index in [1.54, 1.807) is 51.0 Å². The molecule has 7 amide bonds. The molecule has 1 aliphatic rings. The summed E-state index contributed by atoms with van der Waals surface area (Å²) in [5.74, 6) is 0.0123. The van der Waals surface area contributed by atoms with Gasteiger partial charge in [-0.2, -0.15) is 0 Å². The highest BCUT2D eigenvalue weighted by Gasteiger charge is 2.39. The van der Waals surface area contributed by atoms with Crippen LogP contribution in [-0.2, 0) is 54.8 Å². The Labute approximate surface area is 524 Å². The van der Waals surface area contributed by atoms with Crippen molar-refractivity contribution in [2.75, 3.05) is 73.3 Å². The lowest BCUT2D eigenvalue weighted by Gasteiger charge is -2.41. The number of Topliss-reactive ketones (excluding diaryl/α,β-unsaturated/α-hetero) is 1. The number of hydrogen-bond acceptors (Lipinski definition) is 13. The number of nitrogens with zero attached hydrogens (tertiary/aromatic N) is 5. The quantitative estimate of drug-likeness (QED) is 0.0365. The number of carbonyl (C=O) groups is 9. The summed E-state index contributed by atoms with van der Waals surface area (Å²) < 4.78 is 5.49. The van der Waals surface area contributed by atoms with Gasteiger partial charge in [0.1, 0.15) is 17.6 Å². The Morgan fingerprint density at radius 1 is 0.791 bits per heavy atom. The van der Waals surface area contributed by atoms with Crippen molar-refractivity contribution in [1.82, 2.24) is 45.9 Å². The molecule has 1 heterocycles. The number of ketones is 1. The molecule has 1 aliphatic carbocycles. The molecule has 6 N–H and O–H groups in total. The average molecular weight is 1280 g/mol. The molecular formula is C64H111BrN10O11. The Kier molecular flexibility index (Phi) is 45.1. The zero-order chi connectivity index (χ0) is 66.1. The first kappa shape index (κ1) is 82.2. The van der Waals surface area contributed by atoms with Crippen molar-refractivity contribution < 1.29 is 53.0 Å². The first-order valence-corrected chi connectivity index (χ1v) is 32.0. The largest absolute Gasteiger partial charge is 0.481 e. The molecule has 1 aromatic carbocycles. The molecule has 21 nitrogen and oxygen atoms in total. The van der Waals surface area contributed by atoms with Crippen LogP contribution in [0.3, 0.4) is 0 Å². The van der Waals surface area contributed by atoms with E-state index in [9.17, 15) is 43.2 Å². The first-order valence-electron chi connectivity index (χ1n) is 30.9. The molecule has 8 unspecified atom stereocenters. The third kappa shape index (κ3) is 34.5. The van der Waals surface area contributed by atoms with E-state index in [1.807, 2.05) is 57.8 Å². The summed E-state index contributed by atoms with van der Waals surface area (Å²) in [6.45, 7) is 26.1. The maximum atomic E-state index is 13.6. The van der Waals surface area contributed by atoms with Crippen molar-refractivity contribution in [1.29, 1.82) is 0 Å². The minimum atomic E-state index is -0.939. The molecule has 0 aliphatic heterocycles. The predicted octanol–water partition coefficient (Wildman–Crippen LogP) is 8.72. The fraction of sp³-hybridized carbons (Fsp3) is 0.703. The van der Waals surface area contributed by atoms with Crippen LogP contribution in [0, 0.1) is 35.5 Å². The lowest BCUT2D eigenvalue weighted by Crippen LogP contribution is -2.52. The summed E-state index contributed by atoms with van der Waals surface area (Å²) in [6.07, 6.45) is 14.2. The summed E-state index contributed by atoms with van der Waals surface area (Å²) in [4.78, 5) is 122. The van der Waals surface area contributed by atoms with Crippen LogP contribution in [0.1, 0.15) is 182 Å². The van der Waals surface area contributed by atoms with Gasteiger partial charge in [0.2, 0.25) is 35.4 Å². The number of halogens is 1. The number of carboxylic acids is 1. The molecule has 8 atom stereocenters. The van der Waals surface area contributed by atoms with Gasteiger partial charge < -0.3 is 51.1 Å². The Morgan fingerprint density at radius 2 is 1.38 bits per heavy atom. The summed E-state index contributed by atoms with van der Waals surface area (Å²) in [5.41, 5.74) is 1.77. The fourth-order valence-electron chi connectivity index (χ4n) is 9.46. The standard InChI is InChI=1S/C39H58BrN7O5.C17H33N3O4.C3H6O2.C3H8.C2H6/c1-7-25(2)11-8-12-26(3)36(30-14-10-15-30)27(4)39(52)47(6)18-17-29-13-9-16-32(19-29)46-35(49)24-43-37(50)28(5)45-34(48)23-44-38(51)31-21-41-33(20-40)42-22-31;1-8-12(2)17(14(24-7)9-13(3)21)20(6)16(23)10-18-15(22)11-19(4)5;1-2-3(4)5;1-3-2;1-2/h9,13,16,19,21-22,25-28,30,36H,7-8,10-12,14-15,17-18,20,23-24H2,1-6H3,(H,43,50)(H,44,51)(H,45,48)(H,46,49);12,14,17H,8-11H2,1-7H3,(H,18,22);2H2,1H3,(H,4,5);3H2,1-2H3;1-2H3. The van der Waals surface area contributed by atoms with Crippen molar-refractivity contribution >= 4 is 74.7 Å². The second kappa shape index (κ2) is 47.2. The number of nitrogens with one attached hydrogen (secondary N) is 5. The maximum Gasteiger partial charge on any atom is 0.303 e. The molecule has 86 heavy (non-hydrogen) atoms. The van der Waals surface area contributed by atoms with Gasteiger partial charge in [-0.1, -0.05) is 162 Å². The van der Waals surface area contributed by atoms with E-state index in [0.717, 1.165) is 17.9 Å². The molecule has 1 aromatic heterocycles. The second-order valence-electron chi connectivity index (χ2n) is 22.5. The number of likely N-dealkylation sites (N-methyl/N-ethyl adjacent to an activating group) is 3. The number of rotatable bonds is 33. The van der Waals surface area contributed by atoms with E-state index in [0.29, 0.717) is 47.6 Å². The molecule has 1 fully saturated rings. The summed E-state index contributed by atoms with van der Waals surface area (Å²) in [5, 5.41) is 21.1. The predicted molar refractivity (Wildman–Crippen MR) is 345 cm³/mol. The van der Waals surface area contributed by atoms with Gasteiger partial charge in [0, 0.05) is 64.6 Å². The van der Waals surface area contributed by atoms with Gasteiger partial charge in [0.25, 0.3) is 5.91 Å². The van der Waals surface area contributed by atoms with Crippen molar-refractivity contribution in [2.24, 2.45) is 35.5 Å². The highest BCUT2D eigenvalue weighted by Crippen LogP contribution is 2.43. The van der Waals surface area contributed by atoms with E-state index in [1.165, 1.54) is 77.6 Å². The molecule has 22 heteroatoms. The number of aromatic nitrogens is 2. The number of anilines is 1. The lowest BCUT2D eigenvalue weighted by atomic mass is 9.65. The van der Waals surface area contributed by atoms with Crippen LogP contribution < -0.4 is 26.6 Å². The topological polar surface area (TPSA) is 279 Å². The minimum Gasteiger partial charge on any atom is -0.481 e. The van der Waals surface area contributed by atoms with Gasteiger partial charge in [-0.15, -0.1) is 0 Å². The van der Waals surface area contributed by atoms with E-state index >= 15 is 0 Å². The van der Waals surface area contributed by atoms with Gasteiger partial charge in [0.05, 0.1) is 49.2 Å². The normalized spacial score (nSPS) is 14.3.